The van der Waals surface area contributed by atoms with Crippen molar-refractivity contribution >= 4 is 6.08 Å². The van der Waals surface area contributed by atoms with Crippen molar-refractivity contribution < 1.29 is 5.11 Å². The Morgan fingerprint density at radius 3 is 2.43 bits per heavy atom. The number of phenols is 1. The molecule has 1 aromatic rings. The second kappa shape index (κ2) is 3.87. The fourth-order valence-electron chi connectivity index (χ4n) is 1.48. The molecule has 0 spiro atoms. The van der Waals surface area contributed by atoms with Gasteiger partial charge in [-0.3, -0.25) is 0 Å². The molecule has 1 nitrogen and oxygen atoms in total. The Hall–Kier alpha value is -1.24. The quantitative estimate of drug-likeness (QED) is 0.755. The van der Waals surface area contributed by atoms with E-state index in [4.69, 9.17) is 0 Å². The first-order valence-electron chi connectivity index (χ1n) is 4.87. The van der Waals surface area contributed by atoms with Crippen LogP contribution in [0.15, 0.2) is 24.8 Å². The smallest absolute Gasteiger partial charge is 0.123 e. The van der Waals surface area contributed by atoms with Crippen molar-refractivity contribution in [2.45, 2.75) is 27.2 Å². The molecule has 1 rings (SSSR count). The number of phenolic OH excluding ortho intramolecular Hbond substituents is 1. The maximum atomic E-state index is 9.62. The van der Waals surface area contributed by atoms with E-state index in [1.807, 2.05) is 18.2 Å². The van der Waals surface area contributed by atoms with Gasteiger partial charge in [-0.25, -0.2) is 0 Å². The summed E-state index contributed by atoms with van der Waals surface area (Å²) >= 11 is 0. The maximum Gasteiger partial charge on any atom is 0.123 e. The van der Waals surface area contributed by atoms with Crippen LogP contribution in [0.1, 0.15) is 31.9 Å². The first kappa shape index (κ1) is 10.8. The Bertz CT molecular complexity index is 332. The number of hydrogen-bond donors (Lipinski definition) is 1. The molecule has 1 aromatic carbocycles. The highest BCUT2D eigenvalue weighted by Gasteiger charge is 2.11. The second-order valence-corrected chi connectivity index (χ2v) is 4.83. The largest absolute Gasteiger partial charge is 0.507 e. The lowest BCUT2D eigenvalue weighted by atomic mass is 9.88. The molecule has 0 radical (unpaired) electrons. The standard InChI is InChI=1S/C13H18O/c1-5-11-7-6-10(8-12(11)14)9-13(2,3)4/h5-8,14H,1,9H2,2-4H3. The van der Waals surface area contributed by atoms with Crippen LogP contribution in [0.3, 0.4) is 0 Å². The Balaban J connectivity index is 2.92. The highest BCUT2D eigenvalue weighted by atomic mass is 16.3. The van der Waals surface area contributed by atoms with E-state index < -0.39 is 0 Å². The molecular formula is C13H18O. The highest BCUT2D eigenvalue weighted by molar-refractivity contribution is 5.55. The van der Waals surface area contributed by atoms with Crippen LogP contribution in [-0.2, 0) is 6.42 Å². The summed E-state index contributed by atoms with van der Waals surface area (Å²) in [5.41, 5.74) is 2.21. The molecule has 0 aliphatic rings. The number of hydrogen-bond acceptors (Lipinski definition) is 1. The Kier molecular flexibility index (Phi) is 3.00. The average Bonchev–Trinajstić information content (AvgIpc) is 2.01. The van der Waals surface area contributed by atoms with E-state index in [0.717, 1.165) is 12.0 Å². The van der Waals surface area contributed by atoms with E-state index >= 15 is 0 Å². The topological polar surface area (TPSA) is 20.2 Å². The minimum atomic E-state index is 0.252. The molecule has 1 heteroatoms. The molecule has 0 aromatic heterocycles. The minimum Gasteiger partial charge on any atom is -0.507 e. The SMILES string of the molecule is C=Cc1ccc(CC(C)(C)C)cc1O. The third-order valence-corrected chi connectivity index (χ3v) is 2.05. The molecule has 0 heterocycles. The fraction of sp³-hybridized carbons (Fsp3) is 0.385. The van der Waals surface area contributed by atoms with Crippen molar-refractivity contribution in [2.75, 3.05) is 0 Å². The number of benzene rings is 1. The zero-order chi connectivity index (χ0) is 10.8. The summed E-state index contributed by atoms with van der Waals surface area (Å²) in [5.74, 6) is 0.321. The second-order valence-electron chi connectivity index (χ2n) is 4.83. The molecule has 14 heavy (non-hydrogen) atoms. The number of rotatable bonds is 2. The van der Waals surface area contributed by atoms with Crippen molar-refractivity contribution in [1.29, 1.82) is 0 Å². The van der Waals surface area contributed by atoms with Crippen molar-refractivity contribution in [3.8, 4) is 5.75 Å². The first-order valence-corrected chi connectivity index (χ1v) is 4.87. The predicted molar refractivity (Wildman–Crippen MR) is 61.4 cm³/mol. The van der Waals surface area contributed by atoms with Gasteiger partial charge in [-0.1, -0.05) is 45.6 Å². The van der Waals surface area contributed by atoms with Gasteiger partial charge in [0, 0.05) is 5.56 Å². The van der Waals surface area contributed by atoms with Crippen molar-refractivity contribution in [3.05, 3.63) is 35.9 Å². The van der Waals surface area contributed by atoms with Crippen LogP contribution in [0.25, 0.3) is 6.08 Å². The molecule has 0 bridgehead atoms. The molecule has 0 atom stereocenters. The van der Waals surface area contributed by atoms with E-state index in [0.29, 0.717) is 5.75 Å². The fourth-order valence-corrected chi connectivity index (χ4v) is 1.48. The van der Waals surface area contributed by atoms with E-state index in [1.54, 1.807) is 6.08 Å². The van der Waals surface area contributed by atoms with Gasteiger partial charge in [-0.2, -0.15) is 0 Å². The molecule has 0 unspecified atom stereocenters. The molecular weight excluding hydrogens is 172 g/mol. The van der Waals surface area contributed by atoms with Crippen LogP contribution in [0, 0.1) is 5.41 Å². The lowest BCUT2D eigenvalue weighted by Crippen LogP contribution is -2.08. The van der Waals surface area contributed by atoms with Gasteiger partial charge in [0.2, 0.25) is 0 Å². The van der Waals surface area contributed by atoms with Crippen LogP contribution in [-0.4, -0.2) is 5.11 Å². The summed E-state index contributed by atoms with van der Waals surface area (Å²) in [7, 11) is 0. The molecule has 0 aliphatic heterocycles. The zero-order valence-electron chi connectivity index (χ0n) is 9.17. The molecule has 0 saturated heterocycles. The van der Waals surface area contributed by atoms with Gasteiger partial charge in [-0.15, -0.1) is 0 Å². The molecule has 0 saturated carbocycles. The first-order chi connectivity index (χ1) is 6.42. The van der Waals surface area contributed by atoms with Crippen molar-refractivity contribution in [1.82, 2.24) is 0 Å². The summed E-state index contributed by atoms with van der Waals surface area (Å²) in [6.07, 6.45) is 2.63. The van der Waals surface area contributed by atoms with Crippen LogP contribution in [0.2, 0.25) is 0 Å². The normalized spacial score (nSPS) is 11.4. The Morgan fingerprint density at radius 2 is 2.00 bits per heavy atom. The van der Waals surface area contributed by atoms with Crippen molar-refractivity contribution in [3.63, 3.8) is 0 Å². The molecule has 0 aliphatic carbocycles. The van der Waals surface area contributed by atoms with Gasteiger partial charge in [0.1, 0.15) is 5.75 Å². The van der Waals surface area contributed by atoms with Gasteiger partial charge in [0.25, 0.3) is 0 Å². The van der Waals surface area contributed by atoms with Crippen LogP contribution in [0.5, 0.6) is 5.75 Å². The summed E-state index contributed by atoms with van der Waals surface area (Å²) < 4.78 is 0. The van der Waals surface area contributed by atoms with Crippen LogP contribution < -0.4 is 0 Å². The molecule has 0 amide bonds. The molecule has 76 valence electrons. The third kappa shape index (κ3) is 2.91. The molecule has 0 fully saturated rings. The van der Waals surface area contributed by atoms with E-state index in [2.05, 4.69) is 27.4 Å². The maximum absolute atomic E-state index is 9.62. The monoisotopic (exact) mass is 190 g/mol. The highest BCUT2D eigenvalue weighted by Crippen LogP contribution is 2.25. The van der Waals surface area contributed by atoms with E-state index in [9.17, 15) is 5.11 Å². The summed E-state index contributed by atoms with van der Waals surface area (Å²) in [6.45, 7) is 10.2. The lowest BCUT2D eigenvalue weighted by Gasteiger charge is -2.18. The zero-order valence-corrected chi connectivity index (χ0v) is 9.17. The third-order valence-electron chi connectivity index (χ3n) is 2.05. The van der Waals surface area contributed by atoms with E-state index in [1.165, 1.54) is 5.56 Å². The van der Waals surface area contributed by atoms with Gasteiger partial charge in [-0.05, 0) is 23.5 Å². The van der Waals surface area contributed by atoms with Gasteiger partial charge >= 0.3 is 0 Å². The van der Waals surface area contributed by atoms with Gasteiger partial charge in [0.15, 0.2) is 0 Å². The minimum absolute atomic E-state index is 0.252. The number of aromatic hydroxyl groups is 1. The van der Waals surface area contributed by atoms with Crippen molar-refractivity contribution in [2.24, 2.45) is 5.41 Å². The summed E-state index contributed by atoms with van der Waals surface area (Å²) in [5, 5.41) is 9.62. The van der Waals surface area contributed by atoms with E-state index in [-0.39, 0.29) is 5.41 Å². The lowest BCUT2D eigenvalue weighted by molar-refractivity contribution is 0.409. The summed E-state index contributed by atoms with van der Waals surface area (Å²) in [4.78, 5) is 0. The summed E-state index contributed by atoms with van der Waals surface area (Å²) in [6, 6.07) is 5.77. The Morgan fingerprint density at radius 1 is 1.36 bits per heavy atom. The van der Waals surface area contributed by atoms with Gasteiger partial charge < -0.3 is 5.11 Å². The average molecular weight is 190 g/mol. The van der Waals surface area contributed by atoms with Gasteiger partial charge in [0.05, 0.1) is 0 Å². The predicted octanol–water partition coefficient (Wildman–Crippen LogP) is 3.62. The van der Waals surface area contributed by atoms with Crippen LogP contribution in [0.4, 0.5) is 0 Å². The Labute approximate surface area is 86.1 Å². The molecule has 1 N–H and O–H groups in total. The van der Waals surface area contributed by atoms with Crippen LogP contribution >= 0.6 is 0 Å².